The van der Waals surface area contributed by atoms with Gasteiger partial charge in [0.05, 0.1) is 11.1 Å². The van der Waals surface area contributed by atoms with Gasteiger partial charge < -0.3 is 15.5 Å². The Morgan fingerprint density at radius 1 is 1.10 bits per heavy atom. The highest BCUT2D eigenvalue weighted by Crippen LogP contribution is 2.22. The third kappa shape index (κ3) is 3.38. The molecule has 108 valence electrons. The molecule has 0 bridgehead atoms. The lowest BCUT2D eigenvalue weighted by atomic mass is 10.1. The van der Waals surface area contributed by atoms with Crippen LogP contribution in [0.2, 0.25) is 0 Å². The lowest BCUT2D eigenvalue weighted by molar-refractivity contribution is 0.0695. The van der Waals surface area contributed by atoms with E-state index in [0.29, 0.717) is 4.47 Å². The van der Waals surface area contributed by atoms with Crippen molar-refractivity contribution in [2.75, 3.05) is 5.32 Å². The molecule has 0 fully saturated rings. The van der Waals surface area contributed by atoms with Crippen LogP contribution in [0.4, 0.5) is 10.1 Å². The Morgan fingerprint density at radius 2 is 1.81 bits per heavy atom. The summed E-state index contributed by atoms with van der Waals surface area (Å²) >= 11 is 3.08. The first kappa shape index (κ1) is 15.0. The third-order valence-electron chi connectivity index (χ3n) is 2.65. The minimum Gasteiger partial charge on any atom is -0.508 e. The topological polar surface area (TPSA) is 86.6 Å². The van der Waals surface area contributed by atoms with Crippen LogP contribution in [0.5, 0.6) is 5.75 Å². The molecule has 5 nitrogen and oxygen atoms in total. The molecule has 0 saturated carbocycles. The van der Waals surface area contributed by atoms with E-state index in [9.17, 15) is 14.0 Å². The summed E-state index contributed by atoms with van der Waals surface area (Å²) in [6.45, 7) is 0. The van der Waals surface area contributed by atoms with Gasteiger partial charge in [0.25, 0.3) is 5.91 Å². The number of carbonyl (C=O) groups is 2. The molecule has 2 aromatic rings. The number of carboxylic acid groups (broad SMARTS) is 1. The van der Waals surface area contributed by atoms with Gasteiger partial charge in [-0.2, -0.15) is 0 Å². The second-order valence-electron chi connectivity index (χ2n) is 4.12. The van der Waals surface area contributed by atoms with Gasteiger partial charge in [-0.05, 0) is 46.3 Å². The van der Waals surface area contributed by atoms with Gasteiger partial charge in [-0.25, -0.2) is 9.18 Å². The fourth-order valence-corrected chi connectivity index (χ4v) is 2.07. The Kier molecular flexibility index (Phi) is 4.23. The summed E-state index contributed by atoms with van der Waals surface area (Å²) in [5.74, 6) is -3.07. The number of rotatable bonds is 3. The van der Waals surface area contributed by atoms with E-state index in [1.807, 2.05) is 0 Å². The van der Waals surface area contributed by atoms with Gasteiger partial charge in [0.1, 0.15) is 11.6 Å². The van der Waals surface area contributed by atoms with Crippen molar-refractivity contribution in [1.29, 1.82) is 0 Å². The van der Waals surface area contributed by atoms with Crippen LogP contribution in [0.15, 0.2) is 40.9 Å². The molecule has 0 aliphatic rings. The summed E-state index contributed by atoms with van der Waals surface area (Å²) in [5, 5.41) is 20.5. The van der Waals surface area contributed by atoms with Crippen molar-refractivity contribution in [3.63, 3.8) is 0 Å². The number of carbonyl (C=O) groups excluding carboxylic acids is 1. The van der Waals surface area contributed by atoms with Gasteiger partial charge in [-0.3, -0.25) is 4.79 Å². The smallest absolute Gasteiger partial charge is 0.336 e. The van der Waals surface area contributed by atoms with Crippen LogP contribution in [0.25, 0.3) is 0 Å². The Labute approximate surface area is 127 Å². The molecule has 0 saturated heterocycles. The van der Waals surface area contributed by atoms with Crippen LogP contribution in [0, 0.1) is 5.82 Å². The number of halogens is 2. The lowest BCUT2D eigenvalue weighted by Crippen LogP contribution is -2.14. The minimum atomic E-state index is -1.16. The standard InChI is InChI=1S/C14H9BrFNO4/c15-11-4-1-7(5-10(11)14(20)21)17-13(19)9-3-2-8(18)6-12(9)16/h1-6,18H,(H,17,19)(H,20,21). The van der Waals surface area contributed by atoms with Crippen molar-refractivity contribution in [2.45, 2.75) is 0 Å². The molecule has 0 atom stereocenters. The molecule has 0 aliphatic carbocycles. The second-order valence-corrected chi connectivity index (χ2v) is 4.97. The first-order chi connectivity index (χ1) is 9.88. The molecule has 1 amide bonds. The minimum absolute atomic E-state index is 0.0287. The monoisotopic (exact) mass is 353 g/mol. The van der Waals surface area contributed by atoms with Crippen LogP contribution in [-0.4, -0.2) is 22.1 Å². The number of aromatic hydroxyl groups is 1. The lowest BCUT2D eigenvalue weighted by Gasteiger charge is -2.08. The molecule has 0 aromatic heterocycles. The highest BCUT2D eigenvalue weighted by Gasteiger charge is 2.14. The molecule has 3 N–H and O–H groups in total. The zero-order valence-electron chi connectivity index (χ0n) is 10.4. The van der Waals surface area contributed by atoms with Gasteiger partial charge in [-0.1, -0.05) is 0 Å². The number of anilines is 1. The summed E-state index contributed by atoms with van der Waals surface area (Å²) < 4.78 is 13.9. The molecule has 0 radical (unpaired) electrons. The fourth-order valence-electron chi connectivity index (χ4n) is 1.65. The quantitative estimate of drug-likeness (QED) is 0.790. The highest BCUT2D eigenvalue weighted by molar-refractivity contribution is 9.10. The predicted octanol–water partition coefficient (Wildman–Crippen LogP) is 3.24. The molecule has 0 unspecified atom stereocenters. The van der Waals surface area contributed by atoms with Crippen LogP contribution in [0.1, 0.15) is 20.7 Å². The molecular weight excluding hydrogens is 345 g/mol. The van der Waals surface area contributed by atoms with Gasteiger partial charge in [0.15, 0.2) is 0 Å². The van der Waals surface area contributed by atoms with E-state index in [1.165, 1.54) is 24.3 Å². The number of carboxylic acids is 1. The summed E-state index contributed by atoms with van der Waals surface area (Å²) in [7, 11) is 0. The number of phenolic OH excluding ortho intramolecular Hbond substituents is 1. The number of aromatic carboxylic acids is 1. The summed E-state index contributed by atoms with van der Waals surface area (Å²) in [5.41, 5.74) is -0.0698. The second kappa shape index (κ2) is 5.92. The first-order valence-electron chi connectivity index (χ1n) is 5.71. The molecule has 2 rings (SSSR count). The number of hydrogen-bond acceptors (Lipinski definition) is 3. The molecule has 21 heavy (non-hydrogen) atoms. The predicted molar refractivity (Wildman–Crippen MR) is 77.1 cm³/mol. The van der Waals surface area contributed by atoms with Crippen LogP contribution >= 0.6 is 15.9 Å². The molecule has 0 heterocycles. The van der Waals surface area contributed by atoms with Crippen molar-refractivity contribution in [3.8, 4) is 5.75 Å². The highest BCUT2D eigenvalue weighted by atomic mass is 79.9. The maximum absolute atomic E-state index is 13.6. The molecule has 0 spiro atoms. The van der Waals surface area contributed by atoms with Crippen LogP contribution in [0.3, 0.4) is 0 Å². The largest absolute Gasteiger partial charge is 0.508 e. The third-order valence-corrected chi connectivity index (χ3v) is 3.34. The van der Waals surface area contributed by atoms with Crippen molar-refractivity contribution < 1.29 is 24.2 Å². The average molecular weight is 354 g/mol. The van der Waals surface area contributed by atoms with E-state index in [2.05, 4.69) is 21.2 Å². The van der Waals surface area contributed by atoms with E-state index in [1.54, 1.807) is 0 Å². The van der Waals surface area contributed by atoms with E-state index in [-0.39, 0.29) is 22.6 Å². The number of nitrogens with one attached hydrogen (secondary N) is 1. The Morgan fingerprint density at radius 3 is 2.43 bits per heavy atom. The van der Waals surface area contributed by atoms with E-state index in [0.717, 1.165) is 12.1 Å². The average Bonchev–Trinajstić information content (AvgIpc) is 2.40. The van der Waals surface area contributed by atoms with Gasteiger partial charge in [0.2, 0.25) is 0 Å². The molecule has 7 heteroatoms. The van der Waals surface area contributed by atoms with E-state index in [4.69, 9.17) is 10.2 Å². The van der Waals surface area contributed by atoms with Crippen LogP contribution < -0.4 is 5.32 Å². The summed E-state index contributed by atoms with van der Waals surface area (Å²) in [6, 6.07) is 7.33. The number of benzene rings is 2. The Balaban J connectivity index is 2.27. The number of amides is 1. The summed E-state index contributed by atoms with van der Waals surface area (Å²) in [6.07, 6.45) is 0. The molecule has 2 aromatic carbocycles. The number of phenols is 1. The maximum atomic E-state index is 13.6. The van der Waals surface area contributed by atoms with Crippen molar-refractivity contribution in [3.05, 3.63) is 57.8 Å². The van der Waals surface area contributed by atoms with Gasteiger partial charge >= 0.3 is 5.97 Å². The van der Waals surface area contributed by atoms with E-state index < -0.39 is 17.7 Å². The van der Waals surface area contributed by atoms with E-state index >= 15 is 0 Å². The van der Waals surface area contributed by atoms with Gasteiger partial charge in [0, 0.05) is 16.2 Å². The summed E-state index contributed by atoms with van der Waals surface area (Å²) in [4.78, 5) is 22.9. The normalized spacial score (nSPS) is 10.2. The first-order valence-corrected chi connectivity index (χ1v) is 6.50. The zero-order chi connectivity index (χ0) is 15.6. The van der Waals surface area contributed by atoms with Crippen LogP contribution in [-0.2, 0) is 0 Å². The molecule has 0 aliphatic heterocycles. The Bertz CT molecular complexity index is 733. The van der Waals surface area contributed by atoms with Crippen molar-refractivity contribution in [1.82, 2.24) is 0 Å². The SMILES string of the molecule is O=C(Nc1ccc(Br)c(C(=O)O)c1)c1ccc(O)cc1F. The van der Waals surface area contributed by atoms with Crippen molar-refractivity contribution >= 4 is 33.5 Å². The van der Waals surface area contributed by atoms with Crippen molar-refractivity contribution in [2.24, 2.45) is 0 Å². The Hall–Kier alpha value is -2.41. The van der Waals surface area contributed by atoms with Gasteiger partial charge in [-0.15, -0.1) is 0 Å². The fraction of sp³-hybridized carbons (Fsp3) is 0. The maximum Gasteiger partial charge on any atom is 0.336 e. The number of hydrogen-bond donors (Lipinski definition) is 3. The zero-order valence-corrected chi connectivity index (χ0v) is 12.0. The molecular formula is C14H9BrFNO4.